The largest absolute Gasteiger partial charge is 0.127 e. The van der Waals surface area contributed by atoms with E-state index in [0.29, 0.717) is 10.8 Å². The van der Waals surface area contributed by atoms with Gasteiger partial charge in [-0.05, 0) is 105 Å². The van der Waals surface area contributed by atoms with Crippen LogP contribution < -0.4 is 0 Å². The highest BCUT2D eigenvalue weighted by atomic mass is 35.5. The molecule has 0 spiro atoms. The molecule has 4 rings (SSSR count). The summed E-state index contributed by atoms with van der Waals surface area (Å²) < 4.78 is 0. The number of hydrogen-bond donors (Lipinski definition) is 0. The predicted octanol–water partition coefficient (Wildman–Crippen LogP) is 7.61. The Morgan fingerprint density at radius 2 is 1.96 bits per heavy atom. The number of alkyl halides is 1. The highest BCUT2D eigenvalue weighted by molar-refractivity contribution is 6.17. The van der Waals surface area contributed by atoms with Crippen molar-refractivity contribution in [3.63, 3.8) is 0 Å². The summed E-state index contributed by atoms with van der Waals surface area (Å²) in [5.41, 5.74) is 3.03. The molecule has 0 aliphatic heterocycles. The first kappa shape index (κ1) is 18.4. The first-order valence-electron chi connectivity index (χ1n) is 11.3. The Balaban J connectivity index is 1.56. The number of fused-ring (bicyclic) bond motifs is 5. The number of allylic oxidation sites excluding steroid dienone is 2. The standard InChI is InChI=1S/C24H39Cl/c1-17(7-6-16-25)20-11-12-21-19-10-9-18-8-4-5-14-23(18,2)22(19)13-15-24(20,21)3/h9,17,19-22H,4-8,10-16H2,1-3H3/t17-,19+,20-,21+,22+,23+,24-/m1/s1. The van der Waals surface area contributed by atoms with Gasteiger partial charge in [0.25, 0.3) is 0 Å². The van der Waals surface area contributed by atoms with Gasteiger partial charge in [0.1, 0.15) is 0 Å². The van der Waals surface area contributed by atoms with Gasteiger partial charge in [-0.15, -0.1) is 11.6 Å². The fourth-order valence-corrected chi connectivity index (χ4v) is 8.43. The second-order valence-corrected chi connectivity index (χ2v) is 10.9. The third-order valence-corrected chi connectivity index (χ3v) is 9.84. The molecule has 7 atom stereocenters. The Bertz CT molecular complexity index is 522. The van der Waals surface area contributed by atoms with Crippen LogP contribution in [-0.2, 0) is 0 Å². The van der Waals surface area contributed by atoms with Crippen LogP contribution in [0.4, 0.5) is 0 Å². The van der Waals surface area contributed by atoms with Gasteiger partial charge in [-0.1, -0.05) is 38.8 Å². The summed E-state index contributed by atoms with van der Waals surface area (Å²) in [6.07, 6.45) is 18.4. The van der Waals surface area contributed by atoms with Crippen LogP contribution in [0.2, 0.25) is 0 Å². The molecule has 0 amide bonds. The van der Waals surface area contributed by atoms with Crippen LogP contribution in [0.25, 0.3) is 0 Å². The maximum absolute atomic E-state index is 5.99. The van der Waals surface area contributed by atoms with E-state index >= 15 is 0 Å². The first-order valence-corrected chi connectivity index (χ1v) is 11.8. The zero-order chi connectivity index (χ0) is 17.7. The minimum absolute atomic E-state index is 0.560. The summed E-state index contributed by atoms with van der Waals surface area (Å²) >= 11 is 5.99. The van der Waals surface area contributed by atoms with E-state index in [1.165, 1.54) is 70.6 Å². The molecule has 0 bridgehead atoms. The average Bonchev–Trinajstić information content (AvgIpc) is 2.96. The van der Waals surface area contributed by atoms with Crippen molar-refractivity contribution in [2.45, 2.75) is 91.4 Å². The molecule has 25 heavy (non-hydrogen) atoms. The minimum Gasteiger partial charge on any atom is -0.127 e. The molecule has 0 saturated heterocycles. The molecule has 4 aliphatic rings. The molecule has 0 unspecified atom stereocenters. The Labute approximate surface area is 161 Å². The zero-order valence-corrected chi connectivity index (χ0v) is 17.6. The van der Waals surface area contributed by atoms with E-state index in [2.05, 4.69) is 26.8 Å². The van der Waals surface area contributed by atoms with Crippen LogP contribution in [0.1, 0.15) is 91.4 Å². The molecular formula is C24H39Cl. The van der Waals surface area contributed by atoms with Gasteiger partial charge in [-0.2, -0.15) is 0 Å². The lowest BCUT2D eigenvalue weighted by Crippen LogP contribution is -2.50. The fourth-order valence-electron chi connectivity index (χ4n) is 8.27. The van der Waals surface area contributed by atoms with Crippen molar-refractivity contribution in [3.8, 4) is 0 Å². The molecule has 0 aromatic rings. The van der Waals surface area contributed by atoms with Crippen molar-refractivity contribution < 1.29 is 0 Å². The molecule has 0 aromatic heterocycles. The van der Waals surface area contributed by atoms with Crippen LogP contribution >= 0.6 is 11.6 Å². The van der Waals surface area contributed by atoms with Gasteiger partial charge in [-0.3, -0.25) is 0 Å². The zero-order valence-electron chi connectivity index (χ0n) is 16.8. The predicted molar refractivity (Wildman–Crippen MR) is 109 cm³/mol. The van der Waals surface area contributed by atoms with E-state index in [-0.39, 0.29) is 0 Å². The maximum Gasteiger partial charge on any atom is 0.0223 e. The summed E-state index contributed by atoms with van der Waals surface area (Å²) in [6.45, 7) is 7.86. The lowest BCUT2D eigenvalue weighted by atomic mass is 9.47. The average molecular weight is 363 g/mol. The lowest BCUT2D eigenvalue weighted by Gasteiger charge is -2.58. The van der Waals surface area contributed by atoms with Gasteiger partial charge >= 0.3 is 0 Å². The summed E-state index contributed by atoms with van der Waals surface area (Å²) in [5.74, 6) is 5.62. The molecule has 1 heteroatoms. The molecule has 0 radical (unpaired) electrons. The Hall–Kier alpha value is 0.0300. The van der Waals surface area contributed by atoms with Crippen molar-refractivity contribution in [1.82, 2.24) is 0 Å². The summed E-state index contributed by atoms with van der Waals surface area (Å²) in [7, 11) is 0. The molecule has 3 saturated carbocycles. The highest BCUT2D eigenvalue weighted by Crippen LogP contribution is 2.67. The van der Waals surface area contributed by atoms with Crippen LogP contribution in [-0.4, -0.2) is 5.88 Å². The van der Waals surface area contributed by atoms with E-state index in [4.69, 9.17) is 11.6 Å². The van der Waals surface area contributed by atoms with Crippen LogP contribution in [0.3, 0.4) is 0 Å². The third-order valence-electron chi connectivity index (χ3n) is 9.57. The number of halogens is 1. The van der Waals surface area contributed by atoms with Crippen molar-refractivity contribution in [3.05, 3.63) is 11.6 Å². The molecule has 0 nitrogen and oxygen atoms in total. The molecule has 0 N–H and O–H groups in total. The summed E-state index contributed by atoms with van der Waals surface area (Å²) in [4.78, 5) is 0. The Morgan fingerprint density at radius 1 is 1.12 bits per heavy atom. The summed E-state index contributed by atoms with van der Waals surface area (Å²) in [6, 6.07) is 0. The smallest absolute Gasteiger partial charge is 0.0223 e. The van der Waals surface area contributed by atoms with Gasteiger partial charge in [0, 0.05) is 5.88 Å². The number of hydrogen-bond acceptors (Lipinski definition) is 0. The molecular weight excluding hydrogens is 324 g/mol. The maximum atomic E-state index is 5.99. The normalized spacial score (nSPS) is 47.4. The van der Waals surface area contributed by atoms with E-state index in [1.54, 1.807) is 0 Å². The second kappa shape index (κ2) is 6.88. The third kappa shape index (κ3) is 2.84. The second-order valence-electron chi connectivity index (χ2n) is 10.5. The van der Waals surface area contributed by atoms with Crippen molar-refractivity contribution in [1.29, 1.82) is 0 Å². The van der Waals surface area contributed by atoms with Crippen LogP contribution in [0.15, 0.2) is 11.6 Å². The van der Waals surface area contributed by atoms with Crippen molar-refractivity contribution in [2.75, 3.05) is 5.88 Å². The van der Waals surface area contributed by atoms with E-state index in [0.717, 1.165) is 35.5 Å². The highest BCUT2D eigenvalue weighted by Gasteiger charge is 2.58. The SMILES string of the molecule is C[C@H](CCCCl)[C@H]1CC[C@H]2[C@@H]3CC=C4CCCC[C@]4(C)[C@H]3CC[C@]12C. The molecule has 142 valence electrons. The van der Waals surface area contributed by atoms with E-state index < -0.39 is 0 Å². The van der Waals surface area contributed by atoms with Gasteiger partial charge in [0.05, 0.1) is 0 Å². The van der Waals surface area contributed by atoms with Crippen molar-refractivity contribution in [2.24, 2.45) is 40.4 Å². The Kier molecular flexibility index (Phi) is 5.07. The molecule has 0 heterocycles. The summed E-state index contributed by atoms with van der Waals surface area (Å²) in [5, 5.41) is 0. The van der Waals surface area contributed by atoms with Crippen molar-refractivity contribution >= 4 is 11.6 Å². The number of rotatable bonds is 4. The molecule has 3 fully saturated rings. The van der Waals surface area contributed by atoms with Gasteiger partial charge in [0.15, 0.2) is 0 Å². The van der Waals surface area contributed by atoms with Crippen LogP contribution in [0.5, 0.6) is 0 Å². The van der Waals surface area contributed by atoms with Gasteiger partial charge in [-0.25, -0.2) is 0 Å². The lowest BCUT2D eigenvalue weighted by molar-refractivity contribution is -0.0498. The quantitative estimate of drug-likeness (QED) is 0.356. The monoisotopic (exact) mass is 362 g/mol. The van der Waals surface area contributed by atoms with Gasteiger partial charge in [0.2, 0.25) is 0 Å². The van der Waals surface area contributed by atoms with E-state index in [1.807, 2.05) is 5.57 Å². The Morgan fingerprint density at radius 3 is 2.76 bits per heavy atom. The fraction of sp³-hybridized carbons (Fsp3) is 0.917. The topological polar surface area (TPSA) is 0 Å². The first-order chi connectivity index (χ1) is 12.0. The van der Waals surface area contributed by atoms with E-state index in [9.17, 15) is 0 Å². The molecule has 4 aliphatic carbocycles. The van der Waals surface area contributed by atoms with Gasteiger partial charge < -0.3 is 0 Å². The minimum atomic E-state index is 0.560. The molecule has 0 aromatic carbocycles. The van der Waals surface area contributed by atoms with Crippen LogP contribution in [0, 0.1) is 40.4 Å².